The highest BCUT2D eigenvalue weighted by Gasteiger charge is 2.13. The van der Waals surface area contributed by atoms with Gasteiger partial charge in [-0.3, -0.25) is 4.79 Å². The zero-order valence-electron chi connectivity index (χ0n) is 13.6. The lowest BCUT2D eigenvalue weighted by Gasteiger charge is -2.11. The smallest absolute Gasteiger partial charge is 0.322 e. The highest BCUT2D eigenvalue weighted by atomic mass is 32.2. The molecule has 26 heavy (non-hydrogen) atoms. The Hall–Kier alpha value is -3.38. The van der Waals surface area contributed by atoms with E-state index in [-0.39, 0.29) is 11.7 Å². The molecule has 0 aliphatic heterocycles. The van der Waals surface area contributed by atoms with Gasteiger partial charge in [0.15, 0.2) is 0 Å². The Balaban J connectivity index is 2.22. The number of carboxylic acid groups (broad SMARTS) is 1. The SMILES string of the molecule is N#Cc1ccc(NC(=NS(=O)(=O)Cc2ccccc2)NCC(=O)O)cc1. The second kappa shape index (κ2) is 8.64. The predicted molar refractivity (Wildman–Crippen MR) is 96.9 cm³/mol. The van der Waals surface area contributed by atoms with Crippen LogP contribution in [0.4, 0.5) is 5.69 Å². The lowest BCUT2D eigenvalue weighted by Crippen LogP contribution is -2.35. The molecule has 0 aliphatic rings. The summed E-state index contributed by atoms with van der Waals surface area (Å²) in [4.78, 5) is 10.8. The van der Waals surface area contributed by atoms with E-state index in [1.807, 2.05) is 6.07 Å². The van der Waals surface area contributed by atoms with Gasteiger partial charge >= 0.3 is 5.97 Å². The fourth-order valence-electron chi connectivity index (χ4n) is 1.98. The van der Waals surface area contributed by atoms with Crippen LogP contribution in [0.1, 0.15) is 11.1 Å². The molecule has 9 heteroatoms. The second-order valence-corrected chi connectivity index (χ2v) is 6.85. The lowest BCUT2D eigenvalue weighted by atomic mass is 10.2. The minimum atomic E-state index is -3.90. The van der Waals surface area contributed by atoms with Gasteiger partial charge in [0.2, 0.25) is 5.96 Å². The summed E-state index contributed by atoms with van der Waals surface area (Å²) in [6.07, 6.45) is 0. The first kappa shape index (κ1) is 19.0. The molecule has 0 unspecified atom stereocenters. The van der Waals surface area contributed by atoms with Crippen molar-refractivity contribution in [3.05, 3.63) is 65.7 Å². The first-order chi connectivity index (χ1) is 12.4. The van der Waals surface area contributed by atoms with E-state index in [2.05, 4.69) is 15.0 Å². The molecule has 2 aromatic carbocycles. The Morgan fingerprint density at radius 3 is 2.35 bits per heavy atom. The Morgan fingerprint density at radius 1 is 1.12 bits per heavy atom. The Kier molecular flexibility index (Phi) is 6.30. The number of sulfonamides is 1. The summed E-state index contributed by atoms with van der Waals surface area (Å²) in [7, 11) is -3.90. The van der Waals surface area contributed by atoms with Gasteiger partial charge in [0.05, 0.1) is 17.4 Å². The molecule has 0 aliphatic carbocycles. The molecule has 2 aromatic rings. The first-order valence-electron chi connectivity index (χ1n) is 7.47. The molecule has 3 N–H and O–H groups in total. The topological polar surface area (TPSA) is 132 Å². The van der Waals surface area contributed by atoms with Crippen LogP contribution in [0.3, 0.4) is 0 Å². The molecule has 134 valence electrons. The third-order valence-corrected chi connectivity index (χ3v) is 4.26. The molecule has 0 amide bonds. The van der Waals surface area contributed by atoms with Crippen molar-refractivity contribution in [2.24, 2.45) is 4.40 Å². The number of hydrogen-bond acceptors (Lipinski definition) is 4. The van der Waals surface area contributed by atoms with Crippen molar-refractivity contribution < 1.29 is 18.3 Å². The molecule has 0 aromatic heterocycles. The van der Waals surface area contributed by atoms with Gasteiger partial charge in [-0.2, -0.15) is 5.26 Å². The Labute approximate surface area is 150 Å². The van der Waals surface area contributed by atoms with Crippen LogP contribution in [0.15, 0.2) is 59.0 Å². The highest BCUT2D eigenvalue weighted by molar-refractivity contribution is 7.89. The van der Waals surface area contributed by atoms with Crippen molar-refractivity contribution in [1.82, 2.24) is 5.32 Å². The van der Waals surface area contributed by atoms with Crippen molar-refractivity contribution in [2.45, 2.75) is 5.75 Å². The van der Waals surface area contributed by atoms with Gasteiger partial charge in [0.25, 0.3) is 10.0 Å². The number of carbonyl (C=O) groups is 1. The average molecular weight is 372 g/mol. The molecule has 0 heterocycles. The molecule has 0 fully saturated rings. The fraction of sp³-hybridized carbons (Fsp3) is 0.118. The number of rotatable bonds is 6. The monoisotopic (exact) mass is 372 g/mol. The van der Waals surface area contributed by atoms with E-state index in [9.17, 15) is 13.2 Å². The van der Waals surface area contributed by atoms with Gasteiger partial charge in [-0.15, -0.1) is 4.40 Å². The van der Waals surface area contributed by atoms with Gasteiger partial charge < -0.3 is 15.7 Å². The van der Waals surface area contributed by atoms with Crippen LogP contribution in [0.25, 0.3) is 0 Å². The number of hydrogen-bond donors (Lipinski definition) is 3. The number of nitrogens with zero attached hydrogens (tertiary/aromatic N) is 2. The van der Waals surface area contributed by atoms with E-state index in [1.165, 1.54) is 12.1 Å². The van der Waals surface area contributed by atoms with Crippen LogP contribution in [0.5, 0.6) is 0 Å². The van der Waals surface area contributed by atoms with Crippen LogP contribution < -0.4 is 10.6 Å². The van der Waals surface area contributed by atoms with Crippen molar-refractivity contribution in [1.29, 1.82) is 5.26 Å². The first-order valence-corrected chi connectivity index (χ1v) is 9.08. The molecule has 0 radical (unpaired) electrons. The molecule has 0 saturated carbocycles. The van der Waals surface area contributed by atoms with E-state index < -0.39 is 22.5 Å². The Morgan fingerprint density at radius 2 is 1.77 bits per heavy atom. The molecular formula is C17H16N4O4S. The van der Waals surface area contributed by atoms with Gasteiger partial charge in [-0.1, -0.05) is 30.3 Å². The third kappa shape index (κ3) is 6.26. The molecule has 2 rings (SSSR count). The van der Waals surface area contributed by atoms with E-state index in [1.54, 1.807) is 42.5 Å². The minimum absolute atomic E-state index is 0.215. The summed E-state index contributed by atoms with van der Waals surface area (Å²) in [5, 5.41) is 22.7. The molecule has 0 atom stereocenters. The summed E-state index contributed by atoms with van der Waals surface area (Å²) in [6, 6.07) is 16.7. The highest BCUT2D eigenvalue weighted by Crippen LogP contribution is 2.11. The fourth-order valence-corrected chi connectivity index (χ4v) is 3.05. The maximum Gasteiger partial charge on any atom is 0.322 e. The maximum absolute atomic E-state index is 12.3. The van der Waals surface area contributed by atoms with E-state index in [0.717, 1.165) is 0 Å². The summed E-state index contributed by atoms with van der Waals surface area (Å²) in [5.41, 5.74) is 1.45. The number of anilines is 1. The Bertz CT molecular complexity index is 933. The van der Waals surface area contributed by atoms with Crippen LogP contribution >= 0.6 is 0 Å². The molecule has 0 spiro atoms. The maximum atomic E-state index is 12.3. The average Bonchev–Trinajstić information content (AvgIpc) is 2.60. The number of carboxylic acids is 1. The normalized spacial score (nSPS) is 11.4. The number of guanidine groups is 1. The van der Waals surface area contributed by atoms with Crippen LogP contribution in [-0.4, -0.2) is 32.0 Å². The summed E-state index contributed by atoms with van der Waals surface area (Å²) in [5.74, 6) is -1.70. The van der Waals surface area contributed by atoms with Gasteiger partial charge in [-0.05, 0) is 29.8 Å². The number of aliphatic carboxylic acids is 1. The number of benzene rings is 2. The van der Waals surface area contributed by atoms with E-state index in [0.29, 0.717) is 16.8 Å². The summed E-state index contributed by atoms with van der Waals surface area (Å²) < 4.78 is 28.2. The van der Waals surface area contributed by atoms with Crippen molar-refractivity contribution >= 4 is 27.6 Å². The van der Waals surface area contributed by atoms with E-state index in [4.69, 9.17) is 10.4 Å². The number of nitriles is 1. The molecule has 0 saturated heterocycles. The van der Waals surface area contributed by atoms with Crippen molar-refractivity contribution in [2.75, 3.05) is 11.9 Å². The molecule has 8 nitrogen and oxygen atoms in total. The standard InChI is InChI=1S/C17H16N4O4S/c18-10-13-6-8-15(9-7-13)20-17(19-11-16(22)23)21-26(24,25)12-14-4-2-1-3-5-14/h1-9H,11-12H2,(H,22,23)(H2,19,20,21). The third-order valence-electron chi connectivity index (χ3n) is 3.11. The largest absolute Gasteiger partial charge is 0.480 e. The van der Waals surface area contributed by atoms with Gasteiger partial charge in [0, 0.05) is 5.69 Å². The lowest BCUT2D eigenvalue weighted by molar-refractivity contribution is -0.135. The quantitative estimate of drug-likeness (QED) is 0.517. The number of nitrogens with one attached hydrogen (secondary N) is 2. The minimum Gasteiger partial charge on any atom is -0.480 e. The summed E-state index contributed by atoms with van der Waals surface area (Å²) >= 11 is 0. The van der Waals surface area contributed by atoms with Crippen LogP contribution in [0.2, 0.25) is 0 Å². The van der Waals surface area contributed by atoms with Crippen molar-refractivity contribution in [3.63, 3.8) is 0 Å². The predicted octanol–water partition coefficient (Wildman–Crippen LogP) is 1.53. The van der Waals surface area contributed by atoms with E-state index >= 15 is 0 Å². The van der Waals surface area contributed by atoms with Crippen molar-refractivity contribution in [3.8, 4) is 6.07 Å². The molecular weight excluding hydrogens is 356 g/mol. The zero-order valence-corrected chi connectivity index (χ0v) is 14.4. The van der Waals surface area contributed by atoms with Gasteiger partial charge in [-0.25, -0.2) is 8.42 Å². The summed E-state index contributed by atoms with van der Waals surface area (Å²) in [6.45, 7) is -0.511. The van der Waals surface area contributed by atoms with Crippen LogP contribution in [0, 0.1) is 11.3 Å². The molecule has 0 bridgehead atoms. The van der Waals surface area contributed by atoms with Gasteiger partial charge in [0.1, 0.15) is 6.54 Å². The van der Waals surface area contributed by atoms with Crippen LogP contribution in [-0.2, 0) is 20.6 Å². The second-order valence-electron chi connectivity index (χ2n) is 5.21. The zero-order chi connectivity index (χ0) is 19.0.